The lowest BCUT2D eigenvalue weighted by Gasteiger charge is -2.26. The van der Waals surface area contributed by atoms with Gasteiger partial charge in [0.15, 0.2) is 0 Å². The lowest BCUT2D eigenvalue weighted by Crippen LogP contribution is -2.31. The normalized spacial score (nSPS) is 10.6. The van der Waals surface area contributed by atoms with E-state index < -0.39 is 35.6 Å². The molecule has 3 nitrogen and oxygen atoms in total. The van der Waals surface area contributed by atoms with E-state index in [1.807, 2.05) is 55.4 Å². The largest absolute Gasteiger partial charge is 0.481 e. The fourth-order valence-electron chi connectivity index (χ4n) is 2.91. The first-order valence-electron chi connectivity index (χ1n) is 12.6. The van der Waals surface area contributed by atoms with Gasteiger partial charge in [0, 0.05) is 6.42 Å². The number of carboxylic acid groups (broad SMARTS) is 1. The minimum absolute atomic E-state index is 0.0775. The van der Waals surface area contributed by atoms with Crippen LogP contribution in [0.3, 0.4) is 0 Å². The summed E-state index contributed by atoms with van der Waals surface area (Å²) in [7, 11) is 0. The van der Waals surface area contributed by atoms with E-state index in [-0.39, 0.29) is 17.7 Å². The van der Waals surface area contributed by atoms with E-state index in [4.69, 9.17) is 5.11 Å². The van der Waals surface area contributed by atoms with Gasteiger partial charge in [-0.25, -0.2) is 8.78 Å². The van der Waals surface area contributed by atoms with Gasteiger partial charge in [0.25, 0.3) is 0 Å². The lowest BCUT2D eigenvalue weighted by atomic mass is 9.78. The van der Waals surface area contributed by atoms with Crippen molar-refractivity contribution in [2.24, 2.45) is 5.41 Å². The van der Waals surface area contributed by atoms with Crippen molar-refractivity contribution in [2.75, 3.05) is 0 Å². The van der Waals surface area contributed by atoms with Crippen molar-refractivity contribution in [3.8, 4) is 0 Å². The Morgan fingerprint density at radius 2 is 1.16 bits per heavy atom. The van der Waals surface area contributed by atoms with Gasteiger partial charge < -0.3 is 5.11 Å². The Balaban J connectivity index is -0.000000509. The highest BCUT2D eigenvalue weighted by Crippen LogP contribution is 2.33. The Morgan fingerprint density at radius 3 is 1.47 bits per heavy atom. The zero-order chi connectivity index (χ0) is 30.9. The molecular weight excluding hydrogens is 503 g/mol. The van der Waals surface area contributed by atoms with Crippen LogP contribution < -0.4 is 0 Å². The van der Waals surface area contributed by atoms with Gasteiger partial charge in [-0.1, -0.05) is 86.1 Å². The zero-order valence-corrected chi connectivity index (χ0v) is 24.6. The Kier molecular flexibility index (Phi) is 19.3. The van der Waals surface area contributed by atoms with Crippen LogP contribution in [0, 0.1) is 30.9 Å². The summed E-state index contributed by atoms with van der Waals surface area (Å²) in [5.41, 5.74) is 1.04. The van der Waals surface area contributed by atoms with Crippen LogP contribution in [0.25, 0.3) is 0 Å². The van der Waals surface area contributed by atoms with Crippen LogP contribution in [0.15, 0.2) is 42.5 Å². The molecule has 0 saturated carbocycles. The summed E-state index contributed by atoms with van der Waals surface area (Å²) in [5.74, 6) is -3.22. The summed E-state index contributed by atoms with van der Waals surface area (Å²) in [6, 6.07) is 10.3. The molecule has 218 valence electrons. The number of ketones is 1. The summed E-state index contributed by atoms with van der Waals surface area (Å²) < 4.78 is 62.0. The molecule has 0 radical (unpaired) electrons. The van der Waals surface area contributed by atoms with Crippen LogP contribution in [-0.2, 0) is 15.0 Å². The average molecular weight is 549 g/mol. The number of rotatable bonds is 4. The van der Waals surface area contributed by atoms with Crippen LogP contribution in [0.5, 0.6) is 0 Å². The summed E-state index contributed by atoms with van der Waals surface area (Å²) in [5, 5.41) is 8.25. The molecule has 2 aromatic carbocycles. The number of aliphatic carboxylic acids is 1. The quantitative estimate of drug-likeness (QED) is 0.387. The van der Waals surface area contributed by atoms with Crippen molar-refractivity contribution in [1.82, 2.24) is 0 Å². The molecule has 0 spiro atoms. The van der Waals surface area contributed by atoms with Crippen LogP contribution in [0.4, 0.5) is 22.0 Å². The minimum Gasteiger partial charge on any atom is -0.481 e. The number of halogens is 5. The van der Waals surface area contributed by atoms with E-state index in [1.165, 1.54) is 44.2 Å². The third-order valence-corrected chi connectivity index (χ3v) is 4.54. The van der Waals surface area contributed by atoms with Gasteiger partial charge in [0.2, 0.25) is 5.78 Å². The van der Waals surface area contributed by atoms with Gasteiger partial charge in [-0.15, -0.1) is 0 Å². The molecule has 0 fully saturated rings. The second kappa shape index (κ2) is 18.5. The third kappa shape index (κ3) is 19.4. The van der Waals surface area contributed by atoms with Crippen molar-refractivity contribution >= 4 is 11.8 Å². The number of Topliss-reactive ketones (excluding diaryl/α,β-unsaturated/α-hetero) is 1. The molecule has 0 saturated heterocycles. The van der Waals surface area contributed by atoms with E-state index in [2.05, 4.69) is 0 Å². The van der Waals surface area contributed by atoms with Gasteiger partial charge in [-0.2, -0.15) is 13.2 Å². The van der Waals surface area contributed by atoms with Crippen molar-refractivity contribution in [3.05, 3.63) is 70.8 Å². The maximum atomic E-state index is 13.1. The molecule has 1 N–H and O–H groups in total. The predicted octanol–water partition coefficient (Wildman–Crippen LogP) is 9.63. The highest BCUT2D eigenvalue weighted by atomic mass is 19.4. The molecule has 0 aromatic heterocycles. The van der Waals surface area contributed by atoms with E-state index in [1.54, 1.807) is 19.1 Å². The molecular formula is C30H45F5O3. The van der Waals surface area contributed by atoms with Crippen LogP contribution in [-0.4, -0.2) is 23.0 Å². The third-order valence-electron chi connectivity index (χ3n) is 4.54. The Morgan fingerprint density at radius 1 is 0.737 bits per heavy atom. The topological polar surface area (TPSA) is 54.4 Å². The lowest BCUT2D eigenvalue weighted by molar-refractivity contribution is -0.172. The van der Waals surface area contributed by atoms with E-state index in [0.29, 0.717) is 11.1 Å². The number of aryl methyl sites for hydroxylation is 2. The van der Waals surface area contributed by atoms with Crippen molar-refractivity contribution in [3.63, 3.8) is 0 Å². The molecule has 0 heterocycles. The molecule has 0 aliphatic heterocycles. The van der Waals surface area contributed by atoms with Gasteiger partial charge in [-0.3, -0.25) is 9.59 Å². The fraction of sp³-hybridized carbons (Fsp3) is 0.533. The average Bonchev–Trinajstić information content (AvgIpc) is 2.78. The predicted molar refractivity (Wildman–Crippen MR) is 145 cm³/mol. The van der Waals surface area contributed by atoms with E-state index in [0.717, 1.165) is 5.56 Å². The summed E-state index contributed by atoms with van der Waals surface area (Å²) in [4.78, 5) is 21.0. The molecule has 8 heteroatoms. The van der Waals surface area contributed by atoms with Gasteiger partial charge in [0.1, 0.15) is 11.6 Å². The van der Waals surface area contributed by atoms with Crippen LogP contribution >= 0.6 is 0 Å². The maximum absolute atomic E-state index is 13.1. The molecule has 0 aliphatic rings. The highest BCUT2D eigenvalue weighted by molar-refractivity contribution is 5.85. The van der Waals surface area contributed by atoms with Crippen LogP contribution in [0.1, 0.15) is 91.8 Å². The zero-order valence-electron chi connectivity index (χ0n) is 24.6. The smallest absolute Gasteiger partial charge is 0.450 e. The molecule has 2 rings (SSSR count). The van der Waals surface area contributed by atoms with Crippen molar-refractivity contribution in [2.45, 2.75) is 101 Å². The number of alkyl halides is 3. The Labute approximate surface area is 225 Å². The molecule has 0 unspecified atom stereocenters. The highest BCUT2D eigenvalue weighted by Gasteiger charge is 2.41. The first kappa shape index (κ1) is 39.7. The van der Waals surface area contributed by atoms with E-state index >= 15 is 0 Å². The summed E-state index contributed by atoms with van der Waals surface area (Å²) in [6.45, 7) is 20.3. The standard InChI is InChI=1S/C13H14F4O.C7H7F.C6H12O2.2C2H6/c1-8-4-5-9(14)6-10(8)12(2,3)7-11(18)13(15,16)17;1-6-2-4-7(8)5-3-6;1-6(2,3)4-5(7)8;2*1-2/h4-6H,7H2,1-3H3;2-5H,1H3;4H2,1-3H3,(H,7,8);2*1-2H3. The summed E-state index contributed by atoms with van der Waals surface area (Å²) in [6.07, 6.45) is -5.30. The van der Waals surface area contributed by atoms with Crippen molar-refractivity contribution < 1.29 is 36.6 Å². The molecule has 0 atom stereocenters. The number of hydrogen-bond acceptors (Lipinski definition) is 2. The summed E-state index contributed by atoms with van der Waals surface area (Å²) >= 11 is 0. The molecule has 0 bridgehead atoms. The molecule has 0 amide bonds. The Bertz CT molecular complexity index is 921. The fourth-order valence-corrected chi connectivity index (χ4v) is 2.91. The SMILES string of the molecule is CC.CC.CC(C)(C)CC(=O)O.Cc1ccc(F)cc1.Cc1ccc(F)cc1C(C)(C)CC(=O)C(F)(F)F. The van der Waals surface area contributed by atoms with Crippen LogP contribution in [0.2, 0.25) is 0 Å². The minimum atomic E-state index is -4.85. The second-order valence-electron chi connectivity index (χ2n) is 9.87. The second-order valence-corrected chi connectivity index (χ2v) is 9.87. The number of hydrogen-bond donors (Lipinski definition) is 1. The van der Waals surface area contributed by atoms with Gasteiger partial charge in [0.05, 0.1) is 6.42 Å². The molecule has 0 aliphatic carbocycles. The van der Waals surface area contributed by atoms with Gasteiger partial charge in [-0.05, 0) is 60.1 Å². The van der Waals surface area contributed by atoms with Gasteiger partial charge >= 0.3 is 12.1 Å². The first-order valence-corrected chi connectivity index (χ1v) is 12.6. The van der Waals surface area contributed by atoms with Crippen molar-refractivity contribution in [1.29, 1.82) is 0 Å². The number of carbonyl (C=O) groups is 2. The van der Waals surface area contributed by atoms with E-state index in [9.17, 15) is 31.5 Å². The maximum Gasteiger partial charge on any atom is 0.450 e. The molecule has 2 aromatic rings. The number of carbonyl (C=O) groups excluding carboxylic acids is 1. The Hall–Kier alpha value is -2.77. The number of carboxylic acids is 1. The molecule has 38 heavy (non-hydrogen) atoms. The monoisotopic (exact) mass is 548 g/mol. The number of benzene rings is 2. The first-order chi connectivity index (χ1) is 17.2.